The summed E-state index contributed by atoms with van der Waals surface area (Å²) >= 11 is 0. The number of nitrogens with one attached hydrogen (secondary N) is 1. The highest BCUT2D eigenvalue weighted by atomic mass is 28.4. The summed E-state index contributed by atoms with van der Waals surface area (Å²) in [5.41, 5.74) is 1.66. The fourth-order valence-electron chi connectivity index (χ4n) is 3.76. The van der Waals surface area contributed by atoms with E-state index in [1.54, 1.807) is 47.4 Å². The van der Waals surface area contributed by atoms with Crippen LogP contribution in [-0.4, -0.2) is 63.9 Å². The first kappa shape index (κ1) is 24.5. The first-order valence-electron chi connectivity index (χ1n) is 11.3. The highest BCUT2D eigenvalue weighted by Gasteiger charge is 2.50. The molecular formula is C24H32N4O5Si. The number of rotatable bonds is 6. The molecule has 3 aromatic rings. The fourth-order valence-corrected chi connectivity index (χ4v) is 5.05. The summed E-state index contributed by atoms with van der Waals surface area (Å²) in [6.45, 7) is 10.3. The molecule has 0 spiro atoms. The number of aliphatic hydroxyl groups excluding tert-OH is 2. The minimum atomic E-state index is -2.27. The summed E-state index contributed by atoms with van der Waals surface area (Å²) in [6.07, 6.45) is -0.00192. The molecule has 2 aromatic heterocycles. The number of anilines is 1. The number of aliphatic hydroxyl groups is 2. The third-order valence-corrected chi connectivity index (χ3v) is 11.2. The van der Waals surface area contributed by atoms with Gasteiger partial charge in [-0.05, 0) is 36.3 Å². The molecular weight excluding hydrogens is 452 g/mol. The van der Waals surface area contributed by atoms with Gasteiger partial charge in [-0.1, -0.05) is 39.0 Å². The Morgan fingerprint density at radius 3 is 2.56 bits per heavy atom. The van der Waals surface area contributed by atoms with E-state index in [2.05, 4.69) is 49.1 Å². The summed E-state index contributed by atoms with van der Waals surface area (Å²) in [4.78, 5) is 21.5. The molecule has 10 heteroatoms. The van der Waals surface area contributed by atoms with Crippen LogP contribution < -0.4 is 5.32 Å². The average Bonchev–Trinajstić information content (AvgIpc) is 3.35. The lowest BCUT2D eigenvalue weighted by Crippen LogP contribution is -2.48. The molecule has 1 aromatic carbocycles. The van der Waals surface area contributed by atoms with Gasteiger partial charge in [0, 0.05) is 11.8 Å². The highest BCUT2D eigenvalue weighted by molar-refractivity contribution is 6.74. The molecule has 1 aliphatic heterocycles. The third-order valence-electron chi connectivity index (χ3n) is 6.76. The van der Waals surface area contributed by atoms with Crippen molar-refractivity contribution >= 4 is 31.1 Å². The van der Waals surface area contributed by atoms with Gasteiger partial charge in [-0.25, -0.2) is 9.97 Å². The number of aromatic nitrogens is 3. The van der Waals surface area contributed by atoms with E-state index in [1.807, 2.05) is 6.07 Å². The van der Waals surface area contributed by atoms with Gasteiger partial charge in [0.05, 0.1) is 18.5 Å². The lowest BCUT2D eigenvalue weighted by Gasteiger charge is -2.40. The monoisotopic (exact) mass is 484 g/mol. The van der Waals surface area contributed by atoms with Crippen LogP contribution in [0.5, 0.6) is 0 Å². The molecule has 1 fully saturated rings. The topological polar surface area (TPSA) is 119 Å². The van der Waals surface area contributed by atoms with Crippen molar-refractivity contribution in [1.82, 2.24) is 14.5 Å². The van der Waals surface area contributed by atoms with E-state index < -0.39 is 32.9 Å². The van der Waals surface area contributed by atoms with Gasteiger partial charge in [0.25, 0.3) is 5.91 Å². The number of hydrogen-bond acceptors (Lipinski definition) is 7. The Balaban J connectivity index is 1.68. The second-order valence-electron chi connectivity index (χ2n) is 10.1. The lowest BCUT2D eigenvalue weighted by molar-refractivity contribution is -0.0495. The number of nitrogens with zero attached hydrogens (tertiary/aromatic N) is 3. The standard InChI is InChI=1S/C24H32N4O5Si/c1-24(2,3)34(4,5)33-20-19(30)17(13-29)32-23(20)28-14-26-18-16(28)11-12-25-21(18)27-22(31)15-9-7-6-8-10-15/h6-12,14,17,19-20,23,29-30H,13H2,1-5H3,(H,25,27,31)/t17-,19-,20-,23-/m1/s1. The van der Waals surface area contributed by atoms with Crippen molar-refractivity contribution in [2.75, 3.05) is 11.9 Å². The van der Waals surface area contributed by atoms with Crippen molar-refractivity contribution < 1.29 is 24.2 Å². The molecule has 1 aliphatic rings. The number of hydrogen-bond donors (Lipinski definition) is 3. The van der Waals surface area contributed by atoms with Crippen LogP contribution in [0.2, 0.25) is 18.1 Å². The average molecular weight is 485 g/mol. The van der Waals surface area contributed by atoms with E-state index in [4.69, 9.17) is 9.16 Å². The summed E-state index contributed by atoms with van der Waals surface area (Å²) in [6, 6.07) is 10.6. The summed E-state index contributed by atoms with van der Waals surface area (Å²) < 4.78 is 14.4. The maximum atomic E-state index is 12.7. The van der Waals surface area contributed by atoms with Crippen LogP contribution in [0.15, 0.2) is 48.9 Å². The molecule has 0 saturated carbocycles. The van der Waals surface area contributed by atoms with Crippen molar-refractivity contribution in [3.05, 3.63) is 54.5 Å². The second-order valence-corrected chi connectivity index (χ2v) is 14.8. The SMILES string of the molecule is CC(C)(C)[Si](C)(C)O[C@@H]1[C@H](O)[C@@H](CO)O[C@H]1n1cnc2c(NC(=O)c3ccccc3)nccc21. The van der Waals surface area contributed by atoms with Crippen molar-refractivity contribution in [1.29, 1.82) is 0 Å². The van der Waals surface area contributed by atoms with Crippen LogP contribution in [0.1, 0.15) is 37.4 Å². The van der Waals surface area contributed by atoms with Crippen LogP contribution in [0.3, 0.4) is 0 Å². The van der Waals surface area contributed by atoms with Crippen molar-refractivity contribution in [3.63, 3.8) is 0 Å². The molecule has 0 unspecified atom stereocenters. The van der Waals surface area contributed by atoms with Crippen LogP contribution in [-0.2, 0) is 9.16 Å². The van der Waals surface area contributed by atoms with Crippen molar-refractivity contribution in [2.45, 2.75) is 63.4 Å². The molecule has 9 nitrogen and oxygen atoms in total. The van der Waals surface area contributed by atoms with Gasteiger partial charge in [0.2, 0.25) is 0 Å². The number of fused-ring (bicyclic) bond motifs is 1. The van der Waals surface area contributed by atoms with E-state index in [1.165, 1.54) is 0 Å². The molecule has 1 amide bonds. The van der Waals surface area contributed by atoms with Gasteiger partial charge in [-0.3, -0.25) is 4.79 Å². The molecule has 34 heavy (non-hydrogen) atoms. The van der Waals surface area contributed by atoms with E-state index in [-0.39, 0.29) is 17.6 Å². The Labute approximate surface area is 199 Å². The van der Waals surface area contributed by atoms with Gasteiger partial charge >= 0.3 is 0 Å². The van der Waals surface area contributed by atoms with E-state index >= 15 is 0 Å². The minimum Gasteiger partial charge on any atom is -0.407 e. The molecule has 3 heterocycles. The van der Waals surface area contributed by atoms with E-state index in [9.17, 15) is 15.0 Å². The predicted octanol–water partition coefficient (Wildman–Crippen LogP) is 3.32. The summed E-state index contributed by atoms with van der Waals surface area (Å²) in [7, 11) is -2.27. The normalized spacial score (nSPS) is 23.4. The van der Waals surface area contributed by atoms with E-state index in [0.717, 1.165) is 0 Å². The van der Waals surface area contributed by atoms with Crippen LogP contribution >= 0.6 is 0 Å². The van der Waals surface area contributed by atoms with Crippen molar-refractivity contribution in [2.24, 2.45) is 0 Å². The predicted molar refractivity (Wildman–Crippen MR) is 131 cm³/mol. The minimum absolute atomic E-state index is 0.0790. The second kappa shape index (κ2) is 9.20. The Morgan fingerprint density at radius 2 is 1.91 bits per heavy atom. The third kappa shape index (κ3) is 4.51. The number of carbonyl (C=O) groups is 1. The highest BCUT2D eigenvalue weighted by Crippen LogP contribution is 2.42. The quantitative estimate of drug-likeness (QED) is 0.459. The molecule has 4 atom stereocenters. The Bertz CT molecular complexity index is 1160. The number of amides is 1. The van der Waals surface area contributed by atoms with Gasteiger partial charge in [0.1, 0.15) is 23.8 Å². The van der Waals surface area contributed by atoms with Gasteiger partial charge < -0.3 is 29.3 Å². The zero-order chi connectivity index (χ0) is 24.7. The smallest absolute Gasteiger partial charge is 0.256 e. The maximum Gasteiger partial charge on any atom is 0.256 e. The Morgan fingerprint density at radius 1 is 1.21 bits per heavy atom. The van der Waals surface area contributed by atoms with Gasteiger partial charge in [0.15, 0.2) is 20.4 Å². The Kier molecular flexibility index (Phi) is 6.62. The number of ether oxygens (including phenoxy) is 1. The van der Waals surface area contributed by atoms with Crippen LogP contribution in [0, 0.1) is 0 Å². The molecule has 4 rings (SSSR count). The number of carbonyl (C=O) groups excluding carboxylic acids is 1. The summed E-state index contributed by atoms with van der Waals surface area (Å²) in [5.74, 6) is 0.0337. The number of pyridine rings is 1. The van der Waals surface area contributed by atoms with Crippen LogP contribution in [0.25, 0.3) is 11.0 Å². The zero-order valence-corrected chi connectivity index (χ0v) is 21.1. The first-order chi connectivity index (χ1) is 16.0. The Hall–Kier alpha value is -2.63. The molecule has 0 radical (unpaired) electrons. The molecule has 3 N–H and O–H groups in total. The van der Waals surface area contributed by atoms with Gasteiger partial charge in [-0.2, -0.15) is 0 Å². The van der Waals surface area contributed by atoms with E-state index in [0.29, 0.717) is 22.4 Å². The van der Waals surface area contributed by atoms with Crippen LogP contribution in [0.4, 0.5) is 5.82 Å². The molecule has 0 aliphatic carbocycles. The number of benzene rings is 1. The van der Waals surface area contributed by atoms with Gasteiger partial charge in [-0.15, -0.1) is 0 Å². The largest absolute Gasteiger partial charge is 0.407 e. The molecule has 0 bridgehead atoms. The zero-order valence-electron chi connectivity index (χ0n) is 20.1. The first-order valence-corrected chi connectivity index (χ1v) is 14.2. The van der Waals surface area contributed by atoms with Crippen molar-refractivity contribution in [3.8, 4) is 0 Å². The molecule has 182 valence electrons. The lowest BCUT2D eigenvalue weighted by atomic mass is 10.1. The summed E-state index contributed by atoms with van der Waals surface area (Å²) in [5, 5.41) is 23.5. The molecule has 1 saturated heterocycles. The fraction of sp³-hybridized carbons (Fsp3) is 0.458. The number of imidazole rings is 1. The maximum absolute atomic E-state index is 12.7.